The Morgan fingerprint density at radius 2 is 2.23 bits per heavy atom. The molecule has 0 aliphatic carbocycles. The normalized spacial score (nSPS) is 17.0. The Bertz CT molecular complexity index is 804. The van der Waals surface area contributed by atoms with Crippen molar-refractivity contribution in [1.29, 1.82) is 0 Å². The molecule has 138 valence electrons. The van der Waals surface area contributed by atoms with Crippen molar-refractivity contribution in [2.75, 3.05) is 25.0 Å². The Labute approximate surface area is 152 Å². The minimum Gasteiger partial charge on any atom is -0.345 e. The maximum atomic E-state index is 13.4. The first-order chi connectivity index (χ1) is 12.5. The number of amides is 2. The quantitative estimate of drug-likeness (QED) is 0.794. The van der Waals surface area contributed by atoms with Crippen LogP contribution >= 0.6 is 0 Å². The fourth-order valence-electron chi connectivity index (χ4n) is 3.30. The van der Waals surface area contributed by atoms with Crippen LogP contribution in [0.1, 0.15) is 18.7 Å². The Morgan fingerprint density at radius 1 is 1.42 bits per heavy atom. The monoisotopic (exact) mass is 358 g/mol. The first kappa shape index (κ1) is 18.1. The zero-order valence-electron chi connectivity index (χ0n) is 15.1. The molecular formula is C19H23FN4O2. The fourth-order valence-corrected chi connectivity index (χ4v) is 3.30. The highest BCUT2D eigenvalue weighted by molar-refractivity contribution is 6.00. The Hall–Kier alpha value is -2.70. The van der Waals surface area contributed by atoms with Gasteiger partial charge in [0, 0.05) is 58.1 Å². The van der Waals surface area contributed by atoms with Crippen LogP contribution in [-0.4, -0.2) is 46.4 Å². The van der Waals surface area contributed by atoms with Crippen molar-refractivity contribution in [3.63, 3.8) is 0 Å². The number of aryl methyl sites for hydroxylation is 2. The molecule has 1 aliphatic rings. The average Bonchev–Trinajstić information content (AvgIpc) is 3.20. The van der Waals surface area contributed by atoms with Crippen LogP contribution in [0.5, 0.6) is 0 Å². The van der Waals surface area contributed by atoms with Gasteiger partial charge in [-0.05, 0) is 24.6 Å². The molecule has 7 heteroatoms. The van der Waals surface area contributed by atoms with E-state index in [-0.39, 0.29) is 24.2 Å². The van der Waals surface area contributed by atoms with E-state index in [1.54, 1.807) is 30.3 Å². The molecular weight excluding hydrogens is 335 g/mol. The summed E-state index contributed by atoms with van der Waals surface area (Å²) in [6.45, 7) is 0.904. The van der Waals surface area contributed by atoms with Crippen molar-refractivity contribution in [3.05, 3.63) is 48.3 Å². The predicted molar refractivity (Wildman–Crippen MR) is 96.0 cm³/mol. The topological polar surface area (TPSA) is 58.4 Å². The van der Waals surface area contributed by atoms with Gasteiger partial charge in [0.1, 0.15) is 11.6 Å². The van der Waals surface area contributed by atoms with E-state index in [1.807, 2.05) is 17.8 Å². The lowest BCUT2D eigenvalue weighted by molar-refractivity contribution is -0.134. The summed E-state index contributed by atoms with van der Waals surface area (Å²) in [5, 5.41) is 0. The van der Waals surface area contributed by atoms with E-state index in [0.29, 0.717) is 18.8 Å². The van der Waals surface area contributed by atoms with Crippen molar-refractivity contribution >= 4 is 17.5 Å². The highest BCUT2D eigenvalue weighted by Gasteiger charge is 2.36. The van der Waals surface area contributed by atoms with E-state index in [0.717, 1.165) is 18.7 Å². The third-order valence-corrected chi connectivity index (χ3v) is 4.79. The zero-order chi connectivity index (χ0) is 18.7. The van der Waals surface area contributed by atoms with E-state index in [2.05, 4.69) is 4.98 Å². The van der Waals surface area contributed by atoms with Crippen molar-refractivity contribution in [3.8, 4) is 0 Å². The van der Waals surface area contributed by atoms with Gasteiger partial charge in [-0.1, -0.05) is 6.07 Å². The number of imidazole rings is 1. The molecule has 1 fully saturated rings. The van der Waals surface area contributed by atoms with Crippen molar-refractivity contribution in [1.82, 2.24) is 14.5 Å². The number of rotatable bonds is 6. The molecule has 0 saturated carbocycles. The summed E-state index contributed by atoms with van der Waals surface area (Å²) in [7, 11) is 3.71. The molecule has 1 aromatic heterocycles. The summed E-state index contributed by atoms with van der Waals surface area (Å²) >= 11 is 0. The summed E-state index contributed by atoms with van der Waals surface area (Å²) < 4.78 is 15.4. The van der Waals surface area contributed by atoms with E-state index >= 15 is 0 Å². The van der Waals surface area contributed by atoms with E-state index < -0.39 is 5.82 Å². The third-order valence-electron chi connectivity index (χ3n) is 4.79. The molecule has 0 bridgehead atoms. The number of halogens is 1. The third kappa shape index (κ3) is 3.92. The number of nitrogens with zero attached hydrogens (tertiary/aromatic N) is 4. The Balaban J connectivity index is 1.54. The molecule has 26 heavy (non-hydrogen) atoms. The molecule has 1 unspecified atom stereocenters. The van der Waals surface area contributed by atoms with Gasteiger partial charge in [0.15, 0.2) is 0 Å². The van der Waals surface area contributed by atoms with Gasteiger partial charge < -0.3 is 14.4 Å². The van der Waals surface area contributed by atoms with Gasteiger partial charge in [-0.15, -0.1) is 0 Å². The van der Waals surface area contributed by atoms with Gasteiger partial charge in [-0.2, -0.15) is 0 Å². The Morgan fingerprint density at radius 3 is 2.92 bits per heavy atom. The lowest BCUT2D eigenvalue weighted by atomic mass is 10.1. The first-order valence-electron chi connectivity index (χ1n) is 8.73. The van der Waals surface area contributed by atoms with Gasteiger partial charge in [-0.25, -0.2) is 9.37 Å². The summed E-state index contributed by atoms with van der Waals surface area (Å²) in [5.74, 6) is 0.0204. The number of benzene rings is 1. The zero-order valence-corrected chi connectivity index (χ0v) is 15.1. The molecule has 0 spiro atoms. The molecule has 2 amide bonds. The number of anilines is 1. The highest BCUT2D eigenvalue weighted by atomic mass is 19.1. The minimum absolute atomic E-state index is 0.0444. The number of hydrogen-bond donors (Lipinski definition) is 0. The second kappa shape index (κ2) is 7.68. The van der Waals surface area contributed by atoms with Gasteiger partial charge in [0.2, 0.25) is 11.8 Å². The summed E-state index contributed by atoms with van der Waals surface area (Å²) in [6.07, 6.45) is 5.42. The molecule has 2 aromatic rings. The number of carbonyl (C=O) groups is 2. The molecule has 1 aromatic carbocycles. The number of aromatic nitrogens is 2. The second-order valence-electron chi connectivity index (χ2n) is 6.70. The number of hydrogen-bond acceptors (Lipinski definition) is 3. The SMILES string of the molecule is CN(CCCc1nccn1C)C(=O)C1CC(=O)N(c2cccc(F)c2)C1. The lowest BCUT2D eigenvalue weighted by Crippen LogP contribution is -2.35. The lowest BCUT2D eigenvalue weighted by Gasteiger charge is -2.21. The minimum atomic E-state index is -0.392. The predicted octanol–water partition coefficient (Wildman–Crippen LogP) is 2.00. The number of carbonyl (C=O) groups excluding carboxylic acids is 2. The molecule has 0 radical (unpaired) electrons. The van der Waals surface area contributed by atoms with Crippen LogP contribution in [0, 0.1) is 11.7 Å². The van der Waals surface area contributed by atoms with Crippen LogP contribution < -0.4 is 4.90 Å². The smallest absolute Gasteiger partial charge is 0.227 e. The van der Waals surface area contributed by atoms with Gasteiger partial charge >= 0.3 is 0 Å². The molecule has 1 atom stereocenters. The standard InChI is InChI=1S/C19H23FN4O2/c1-22-10-8-21-17(22)7-4-9-23(2)19(26)14-11-18(25)24(13-14)16-6-3-5-15(20)12-16/h3,5-6,8,10,12,14H,4,7,9,11,13H2,1-2H3. The van der Waals surface area contributed by atoms with Gasteiger partial charge in [0.05, 0.1) is 5.92 Å². The molecule has 3 rings (SSSR count). The summed E-state index contributed by atoms with van der Waals surface area (Å²) in [5.41, 5.74) is 0.503. The molecule has 1 saturated heterocycles. The van der Waals surface area contributed by atoms with Crippen LogP contribution in [0.4, 0.5) is 10.1 Å². The van der Waals surface area contributed by atoms with Crippen molar-refractivity contribution < 1.29 is 14.0 Å². The van der Waals surface area contributed by atoms with Crippen LogP contribution in [0.25, 0.3) is 0 Å². The summed E-state index contributed by atoms with van der Waals surface area (Å²) in [6, 6.07) is 5.91. The van der Waals surface area contributed by atoms with Crippen LogP contribution in [0.3, 0.4) is 0 Å². The molecule has 0 N–H and O–H groups in total. The molecule has 6 nitrogen and oxygen atoms in total. The van der Waals surface area contributed by atoms with E-state index in [4.69, 9.17) is 0 Å². The first-order valence-corrected chi connectivity index (χ1v) is 8.73. The second-order valence-corrected chi connectivity index (χ2v) is 6.70. The van der Waals surface area contributed by atoms with Crippen LogP contribution in [0.15, 0.2) is 36.7 Å². The van der Waals surface area contributed by atoms with Crippen LogP contribution in [0.2, 0.25) is 0 Å². The van der Waals surface area contributed by atoms with Gasteiger partial charge in [0.25, 0.3) is 0 Å². The maximum Gasteiger partial charge on any atom is 0.227 e. The van der Waals surface area contributed by atoms with Crippen LogP contribution in [-0.2, 0) is 23.1 Å². The largest absolute Gasteiger partial charge is 0.345 e. The molecule has 1 aliphatic heterocycles. The molecule has 2 heterocycles. The fraction of sp³-hybridized carbons (Fsp3) is 0.421. The van der Waals surface area contributed by atoms with Crippen molar-refractivity contribution in [2.45, 2.75) is 19.3 Å². The van der Waals surface area contributed by atoms with Crippen molar-refractivity contribution in [2.24, 2.45) is 13.0 Å². The van der Waals surface area contributed by atoms with E-state index in [1.165, 1.54) is 17.0 Å². The summed E-state index contributed by atoms with van der Waals surface area (Å²) in [4.78, 5) is 32.3. The average molecular weight is 358 g/mol. The maximum absolute atomic E-state index is 13.4. The highest BCUT2D eigenvalue weighted by Crippen LogP contribution is 2.26. The van der Waals surface area contributed by atoms with E-state index in [9.17, 15) is 14.0 Å². The Kier molecular flexibility index (Phi) is 5.35. The van der Waals surface area contributed by atoms with Gasteiger partial charge in [-0.3, -0.25) is 9.59 Å².